The van der Waals surface area contributed by atoms with Crippen molar-refractivity contribution in [2.45, 2.75) is 18.4 Å². The van der Waals surface area contributed by atoms with Gasteiger partial charge < -0.3 is 5.73 Å². The van der Waals surface area contributed by atoms with E-state index < -0.39 is 10.0 Å². The topological polar surface area (TPSA) is 63.4 Å². The molecule has 1 aliphatic heterocycles. The molecule has 2 aromatic rings. The van der Waals surface area contributed by atoms with Gasteiger partial charge in [0.25, 0.3) is 10.0 Å². The lowest BCUT2D eigenvalue weighted by Gasteiger charge is -2.26. The molecule has 0 unspecified atom stereocenters. The normalized spacial score (nSPS) is 14.5. The summed E-state index contributed by atoms with van der Waals surface area (Å²) in [6.07, 6.45) is 1.94. The fourth-order valence-corrected chi connectivity index (χ4v) is 4.12. The number of hydrogen-bond donors (Lipinski definition) is 1. The Morgan fingerprint density at radius 2 is 1.77 bits per heavy atom. The lowest BCUT2D eigenvalue weighted by molar-refractivity contribution is 0.531. The molecule has 22 heavy (non-hydrogen) atoms. The molecule has 0 saturated carbocycles. The van der Waals surface area contributed by atoms with Crippen molar-refractivity contribution in [2.75, 3.05) is 6.54 Å². The van der Waals surface area contributed by atoms with Crippen LogP contribution in [0.15, 0.2) is 53.4 Å². The summed E-state index contributed by atoms with van der Waals surface area (Å²) < 4.78 is 27.2. The number of benzene rings is 2. The van der Waals surface area contributed by atoms with E-state index in [0.717, 1.165) is 21.7 Å². The van der Waals surface area contributed by atoms with Gasteiger partial charge in [-0.1, -0.05) is 42.5 Å². The first-order valence-corrected chi connectivity index (χ1v) is 8.56. The summed E-state index contributed by atoms with van der Waals surface area (Å²) in [5.74, 6) is 0. The Bertz CT molecular complexity index is 916. The highest BCUT2D eigenvalue weighted by Gasteiger charge is 2.25. The quantitative estimate of drug-likeness (QED) is 0.910. The van der Waals surface area contributed by atoms with Crippen molar-refractivity contribution >= 4 is 21.8 Å². The Labute approximate surface area is 130 Å². The van der Waals surface area contributed by atoms with Gasteiger partial charge in [-0.3, -0.25) is 4.31 Å². The van der Waals surface area contributed by atoms with Gasteiger partial charge in [-0.15, -0.1) is 0 Å². The summed E-state index contributed by atoms with van der Waals surface area (Å²) in [5, 5.41) is 2.03. The lowest BCUT2D eigenvalue weighted by atomic mass is 10.1. The molecule has 5 heteroatoms. The summed E-state index contributed by atoms with van der Waals surface area (Å²) in [7, 11) is -3.55. The fraction of sp³-hybridized carbons (Fsp3) is 0.176. The Balaban J connectivity index is 2.09. The zero-order valence-electron chi connectivity index (χ0n) is 12.4. The molecule has 0 amide bonds. The van der Waals surface area contributed by atoms with E-state index in [1.807, 2.05) is 37.3 Å². The lowest BCUT2D eigenvalue weighted by Crippen LogP contribution is -2.41. The van der Waals surface area contributed by atoms with Crippen LogP contribution in [0.4, 0.5) is 0 Å². The summed E-state index contributed by atoms with van der Waals surface area (Å²) >= 11 is 0. The van der Waals surface area contributed by atoms with Crippen molar-refractivity contribution in [3.05, 3.63) is 64.5 Å². The van der Waals surface area contributed by atoms with Gasteiger partial charge in [-0.2, -0.15) is 0 Å². The molecule has 0 aliphatic carbocycles. The van der Waals surface area contributed by atoms with Crippen LogP contribution >= 0.6 is 0 Å². The minimum Gasteiger partial charge on any atom is -0.326 e. The molecule has 1 heterocycles. The monoisotopic (exact) mass is 314 g/mol. The second-order valence-electron chi connectivity index (χ2n) is 5.26. The predicted molar refractivity (Wildman–Crippen MR) is 87.5 cm³/mol. The van der Waals surface area contributed by atoms with Gasteiger partial charge in [-0.25, -0.2) is 8.42 Å². The van der Waals surface area contributed by atoms with Crippen molar-refractivity contribution in [1.29, 1.82) is 0 Å². The average molecular weight is 314 g/mol. The molecule has 0 saturated heterocycles. The summed E-state index contributed by atoms with van der Waals surface area (Å²) in [6.45, 7) is 2.60. The number of hydrogen-bond acceptors (Lipinski definition) is 3. The number of nitrogens with two attached hydrogens (primary N) is 1. The first kappa shape index (κ1) is 14.8. The third kappa shape index (κ3) is 2.42. The van der Waals surface area contributed by atoms with E-state index >= 15 is 0 Å². The minimum absolute atomic E-state index is 0.289. The Hall–Kier alpha value is -2.11. The average Bonchev–Trinajstić information content (AvgIpc) is 2.55. The van der Waals surface area contributed by atoms with E-state index in [4.69, 9.17) is 5.73 Å². The highest BCUT2D eigenvalue weighted by molar-refractivity contribution is 7.89. The van der Waals surface area contributed by atoms with Crippen LogP contribution in [0.25, 0.3) is 11.8 Å². The standard InChI is InChI=1S/C17H18N2O2S/c1-13-17-5-3-2-4-15(17)10-11-19(13)22(20,21)16-8-6-14(12-18)7-9-16/h2-10H,11-12,18H2,1H3. The molecule has 1 aliphatic rings. The van der Waals surface area contributed by atoms with Gasteiger partial charge in [0.1, 0.15) is 0 Å². The van der Waals surface area contributed by atoms with E-state index in [1.54, 1.807) is 24.3 Å². The maximum Gasteiger partial charge on any atom is 0.264 e. The van der Waals surface area contributed by atoms with Crippen molar-refractivity contribution in [3.8, 4) is 0 Å². The summed E-state index contributed by atoms with van der Waals surface area (Å²) in [4.78, 5) is 0.289. The van der Waals surface area contributed by atoms with Gasteiger partial charge in [0.2, 0.25) is 0 Å². The van der Waals surface area contributed by atoms with Crippen LogP contribution < -0.4 is 16.2 Å². The van der Waals surface area contributed by atoms with Crippen LogP contribution in [-0.2, 0) is 16.6 Å². The molecule has 0 atom stereocenters. The minimum atomic E-state index is -3.55. The molecule has 2 aromatic carbocycles. The van der Waals surface area contributed by atoms with Crippen molar-refractivity contribution in [1.82, 2.24) is 4.31 Å². The van der Waals surface area contributed by atoms with Gasteiger partial charge in [0.15, 0.2) is 0 Å². The largest absolute Gasteiger partial charge is 0.326 e. The smallest absolute Gasteiger partial charge is 0.264 e. The number of nitrogens with zero attached hydrogens (tertiary/aromatic N) is 1. The summed E-state index contributed by atoms with van der Waals surface area (Å²) in [5.41, 5.74) is 7.22. The van der Waals surface area contributed by atoms with Crippen molar-refractivity contribution < 1.29 is 8.42 Å². The van der Waals surface area contributed by atoms with Gasteiger partial charge >= 0.3 is 0 Å². The van der Waals surface area contributed by atoms with E-state index in [1.165, 1.54) is 4.31 Å². The van der Waals surface area contributed by atoms with Crippen molar-refractivity contribution in [2.24, 2.45) is 5.73 Å². The molecule has 0 aromatic heterocycles. The molecule has 0 fully saturated rings. The van der Waals surface area contributed by atoms with Gasteiger partial charge in [0.05, 0.1) is 11.4 Å². The maximum atomic E-state index is 12.9. The molecule has 4 nitrogen and oxygen atoms in total. The molecular weight excluding hydrogens is 296 g/mol. The maximum absolute atomic E-state index is 12.9. The third-order valence-electron chi connectivity index (χ3n) is 3.95. The molecule has 0 bridgehead atoms. The SMILES string of the molecule is CC1=c2ccccc2=CCN1S(=O)(=O)c1ccc(CN)cc1. The van der Waals surface area contributed by atoms with Crippen LogP contribution in [0.5, 0.6) is 0 Å². The highest BCUT2D eigenvalue weighted by atomic mass is 32.2. The second kappa shape index (κ2) is 5.59. The van der Waals surface area contributed by atoms with Crippen LogP contribution in [0, 0.1) is 0 Å². The van der Waals surface area contributed by atoms with E-state index in [-0.39, 0.29) is 4.90 Å². The zero-order valence-corrected chi connectivity index (χ0v) is 13.2. The van der Waals surface area contributed by atoms with E-state index in [2.05, 4.69) is 0 Å². The summed E-state index contributed by atoms with van der Waals surface area (Å²) in [6, 6.07) is 14.6. The van der Waals surface area contributed by atoms with E-state index in [0.29, 0.717) is 13.1 Å². The number of rotatable bonds is 3. The zero-order chi connectivity index (χ0) is 15.7. The highest BCUT2D eigenvalue weighted by Crippen LogP contribution is 2.21. The molecule has 2 N–H and O–H groups in total. The number of fused-ring (bicyclic) bond motifs is 1. The van der Waals surface area contributed by atoms with Gasteiger partial charge in [-0.05, 0) is 29.8 Å². The van der Waals surface area contributed by atoms with E-state index in [9.17, 15) is 8.42 Å². The third-order valence-corrected chi connectivity index (χ3v) is 5.82. The number of sulfonamides is 1. The van der Waals surface area contributed by atoms with Crippen LogP contribution in [0.2, 0.25) is 0 Å². The molecule has 3 rings (SSSR count). The molecular formula is C17H18N2O2S. The van der Waals surface area contributed by atoms with Crippen molar-refractivity contribution in [3.63, 3.8) is 0 Å². The first-order chi connectivity index (χ1) is 10.5. The molecule has 0 radical (unpaired) electrons. The van der Waals surface area contributed by atoms with Crippen LogP contribution in [-0.4, -0.2) is 19.3 Å². The van der Waals surface area contributed by atoms with Gasteiger partial charge in [0, 0.05) is 17.5 Å². The predicted octanol–water partition coefficient (Wildman–Crippen LogP) is 0.758. The fourth-order valence-electron chi connectivity index (χ4n) is 2.66. The Kier molecular flexibility index (Phi) is 3.76. The molecule has 0 spiro atoms. The first-order valence-electron chi connectivity index (χ1n) is 7.12. The molecule has 114 valence electrons. The van der Waals surface area contributed by atoms with Crippen LogP contribution in [0.3, 0.4) is 0 Å². The second-order valence-corrected chi connectivity index (χ2v) is 7.12. The Morgan fingerprint density at radius 3 is 2.45 bits per heavy atom. The Morgan fingerprint density at radius 1 is 1.09 bits per heavy atom. The van der Waals surface area contributed by atoms with Crippen LogP contribution in [0.1, 0.15) is 12.5 Å².